The highest BCUT2D eigenvalue weighted by molar-refractivity contribution is 5.67. The molecular formula is C43H54O6. The van der Waals surface area contributed by atoms with E-state index in [1.807, 2.05) is 12.1 Å². The van der Waals surface area contributed by atoms with E-state index in [-0.39, 0.29) is 27.9 Å². The summed E-state index contributed by atoms with van der Waals surface area (Å²) >= 11 is 0. The lowest BCUT2D eigenvalue weighted by molar-refractivity contribution is 0.0993. The number of hydrogen-bond acceptors (Lipinski definition) is 6. The van der Waals surface area contributed by atoms with Crippen LogP contribution in [0.2, 0.25) is 0 Å². The Balaban J connectivity index is 1.21. The average molecular weight is 667 g/mol. The van der Waals surface area contributed by atoms with Crippen LogP contribution in [0.1, 0.15) is 134 Å². The molecule has 3 aliphatic heterocycles. The Bertz CT molecular complexity index is 1840. The van der Waals surface area contributed by atoms with Crippen LogP contribution >= 0.6 is 0 Å². The van der Waals surface area contributed by atoms with Gasteiger partial charge in [-0.15, -0.1) is 0 Å². The molecule has 0 bridgehead atoms. The lowest BCUT2D eigenvalue weighted by atomic mass is 9.82. The van der Waals surface area contributed by atoms with Crippen molar-refractivity contribution in [1.29, 1.82) is 0 Å². The van der Waals surface area contributed by atoms with Crippen molar-refractivity contribution in [2.24, 2.45) is 0 Å². The first-order valence-electron chi connectivity index (χ1n) is 18.3. The largest absolute Gasteiger partial charge is 0.492 e. The van der Waals surface area contributed by atoms with Crippen molar-refractivity contribution < 1.29 is 28.4 Å². The van der Waals surface area contributed by atoms with E-state index in [0.717, 1.165) is 89.0 Å². The van der Waals surface area contributed by atoms with Crippen molar-refractivity contribution >= 4 is 0 Å². The molecule has 1 atom stereocenters. The number of benzene rings is 3. The second-order valence-electron chi connectivity index (χ2n) is 18.7. The first kappa shape index (κ1) is 32.7. The molecule has 6 nitrogen and oxygen atoms in total. The molecule has 2 saturated carbocycles. The van der Waals surface area contributed by atoms with E-state index < -0.39 is 11.2 Å². The Morgan fingerprint density at radius 2 is 1.39 bits per heavy atom. The Kier molecular flexibility index (Phi) is 6.84. The molecule has 3 aromatic carbocycles. The van der Waals surface area contributed by atoms with Crippen molar-refractivity contribution in [3.63, 3.8) is 0 Å². The highest BCUT2D eigenvalue weighted by Gasteiger charge is 2.62. The van der Waals surface area contributed by atoms with E-state index in [9.17, 15) is 0 Å². The SMILES string of the molecule is Cc1cc(CC(C)(C)Oc2cccc3c2C(C)(C)CO3)c(OC(C)(C)C)c2c1OC(c1ccc3c(c1OC(C)(C)C)C1(CC1)CO3)C21CC1. The van der Waals surface area contributed by atoms with Crippen molar-refractivity contribution in [3.05, 3.63) is 69.8 Å². The lowest BCUT2D eigenvalue weighted by Crippen LogP contribution is -2.33. The fourth-order valence-corrected chi connectivity index (χ4v) is 8.55. The number of rotatable bonds is 7. The molecule has 8 rings (SSSR count). The minimum absolute atomic E-state index is 0.0729. The minimum Gasteiger partial charge on any atom is -0.492 e. The molecule has 0 amide bonds. The molecule has 0 aromatic heterocycles. The van der Waals surface area contributed by atoms with Gasteiger partial charge in [0, 0.05) is 44.9 Å². The number of hydrogen-bond donors (Lipinski definition) is 0. The first-order valence-corrected chi connectivity index (χ1v) is 18.3. The minimum atomic E-state index is -0.522. The summed E-state index contributed by atoms with van der Waals surface area (Å²) in [4.78, 5) is 0. The third kappa shape index (κ3) is 5.43. The number of aryl methyl sites for hydroxylation is 1. The fourth-order valence-electron chi connectivity index (χ4n) is 8.55. The van der Waals surface area contributed by atoms with Gasteiger partial charge in [0.2, 0.25) is 0 Å². The second-order valence-corrected chi connectivity index (χ2v) is 18.7. The Morgan fingerprint density at radius 1 is 0.735 bits per heavy atom. The van der Waals surface area contributed by atoms with Crippen LogP contribution in [0.3, 0.4) is 0 Å². The predicted octanol–water partition coefficient (Wildman–Crippen LogP) is 10.0. The van der Waals surface area contributed by atoms with Gasteiger partial charge in [0.25, 0.3) is 0 Å². The third-order valence-corrected chi connectivity index (χ3v) is 10.9. The average Bonchev–Trinajstić information content (AvgIpc) is 3.83. The normalized spacial score (nSPS) is 21.7. The van der Waals surface area contributed by atoms with Crippen LogP contribution in [0.4, 0.5) is 0 Å². The molecule has 262 valence electrons. The second kappa shape index (κ2) is 10.3. The summed E-state index contributed by atoms with van der Waals surface area (Å²) in [6.45, 7) is 25.2. The molecular weight excluding hydrogens is 612 g/mol. The maximum absolute atomic E-state index is 7.17. The van der Waals surface area contributed by atoms with Gasteiger partial charge >= 0.3 is 0 Å². The first-order chi connectivity index (χ1) is 22.8. The molecule has 2 fully saturated rings. The summed E-state index contributed by atoms with van der Waals surface area (Å²) < 4.78 is 40.3. The molecule has 49 heavy (non-hydrogen) atoms. The molecule has 2 aliphatic carbocycles. The molecule has 5 aliphatic rings. The third-order valence-electron chi connectivity index (χ3n) is 10.9. The Hall–Kier alpha value is -3.54. The molecule has 0 N–H and O–H groups in total. The van der Waals surface area contributed by atoms with E-state index in [2.05, 4.69) is 100 Å². The molecule has 3 heterocycles. The maximum Gasteiger partial charge on any atom is 0.137 e. The summed E-state index contributed by atoms with van der Waals surface area (Å²) in [5, 5.41) is 0. The lowest BCUT2D eigenvalue weighted by Gasteiger charge is -2.32. The van der Waals surface area contributed by atoms with Gasteiger partial charge in [0.05, 0.1) is 13.2 Å². The Morgan fingerprint density at radius 3 is 2.04 bits per heavy atom. The van der Waals surface area contributed by atoms with Crippen LogP contribution in [0, 0.1) is 6.92 Å². The topological polar surface area (TPSA) is 55.4 Å². The zero-order chi connectivity index (χ0) is 34.9. The predicted molar refractivity (Wildman–Crippen MR) is 192 cm³/mol. The van der Waals surface area contributed by atoms with Crippen LogP contribution < -0.4 is 28.4 Å². The van der Waals surface area contributed by atoms with Gasteiger partial charge in [-0.3, -0.25) is 0 Å². The van der Waals surface area contributed by atoms with Gasteiger partial charge < -0.3 is 28.4 Å². The summed E-state index contributed by atoms with van der Waals surface area (Å²) in [5.41, 5.74) is 5.51. The van der Waals surface area contributed by atoms with Crippen molar-refractivity contribution in [2.45, 2.75) is 147 Å². The standard InChI is InChI=1S/C43H54O6/c1-25-21-26(22-41(10,11)47-30-14-12-13-28-31(30)40(8,9)23-44-28)35(48-38(2,3)4)33-34(25)46-37(43(33)19-20-43)27-15-16-29-32(36(27)49-39(5,6)7)42(17-18-42)24-45-29/h12-16,21,37H,17-20,22-24H2,1-11H3. The smallest absolute Gasteiger partial charge is 0.137 e. The van der Waals surface area contributed by atoms with Crippen LogP contribution in [0.15, 0.2) is 36.4 Å². The highest BCUT2D eigenvalue weighted by Crippen LogP contribution is 2.70. The van der Waals surface area contributed by atoms with E-state index >= 15 is 0 Å². The zero-order valence-electron chi connectivity index (χ0n) is 31.4. The maximum atomic E-state index is 7.17. The van der Waals surface area contributed by atoms with E-state index in [1.54, 1.807) is 0 Å². The molecule has 0 saturated heterocycles. The Labute approximate surface area is 292 Å². The number of fused-ring (bicyclic) bond motifs is 5. The van der Waals surface area contributed by atoms with Crippen molar-refractivity contribution in [3.8, 4) is 34.5 Å². The van der Waals surface area contributed by atoms with Gasteiger partial charge in [-0.25, -0.2) is 0 Å². The molecule has 0 radical (unpaired) electrons. The van der Waals surface area contributed by atoms with Gasteiger partial charge in [-0.1, -0.05) is 19.9 Å². The van der Waals surface area contributed by atoms with Crippen LogP contribution in [-0.4, -0.2) is 30.0 Å². The summed E-state index contributed by atoms with van der Waals surface area (Å²) in [6, 6.07) is 12.8. The van der Waals surface area contributed by atoms with Crippen LogP contribution in [-0.2, 0) is 22.7 Å². The van der Waals surface area contributed by atoms with Crippen molar-refractivity contribution in [1.82, 2.24) is 0 Å². The summed E-state index contributed by atoms with van der Waals surface area (Å²) in [5.74, 6) is 5.66. The molecule has 2 spiro atoms. The quantitative estimate of drug-likeness (QED) is 0.250. The summed E-state index contributed by atoms with van der Waals surface area (Å²) in [7, 11) is 0. The van der Waals surface area contributed by atoms with Crippen molar-refractivity contribution in [2.75, 3.05) is 13.2 Å². The molecule has 3 aromatic rings. The fraction of sp³-hybridized carbons (Fsp3) is 0.581. The zero-order valence-corrected chi connectivity index (χ0v) is 31.4. The highest BCUT2D eigenvalue weighted by atomic mass is 16.5. The number of ether oxygens (including phenoxy) is 6. The van der Waals surface area contributed by atoms with E-state index in [0.29, 0.717) is 13.0 Å². The van der Waals surface area contributed by atoms with Gasteiger partial charge in [0.1, 0.15) is 57.4 Å². The molecule has 1 unspecified atom stereocenters. The van der Waals surface area contributed by atoms with E-state index in [4.69, 9.17) is 28.4 Å². The summed E-state index contributed by atoms with van der Waals surface area (Å²) in [6.07, 6.45) is 4.85. The molecule has 6 heteroatoms. The van der Waals surface area contributed by atoms with Crippen LogP contribution in [0.5, 0.6) is 34.5 Å². The van der Waals surface area contributed by atoms with Gasteiger partial charge in [0.15, 0.2) is 0 Å². The van der Waals surface area contributed by atoms with Gasteiger partial charge in [-0.05, 0) is 129 Å². The van der Waals surface area contributed by atoms with Crippen LogP contribution in [0.25, 0.3) is 0 Å². The monoisotopic (exact) mass is 666 g/mol. The van der Waals surface area contributed by atoms with Gasteiger partial charge in [-0.2, -0.15) is 0 Å². The van der Waals surface area contributed by atoms with E-state index in [1.165, 1.54) is 11.1 Å².